The third kappa shape index (κ3) is 6.86. The van der Waals surface area contributed by atoms with Gasteiger partial charge in [0.15, 0.2) is 0 Å². The lowest BCUT2D eigenvalue weighted by molar-refractivity contribution is 0.0955. The molecule has 0 atom stereocenters. The normalized spacial score (nSPS) is 14.6. The van der Waals surface area contributed by atoms with Gasteiger partial charge >= 0.3 is 0 Å². The van der Waals surface area contributed by atoms with E-state index in [1.54, 1.807) is 6.21 Å². The predicted octanol–water partition coefficient (Wildman–Crippen LogP) is 6.97. The SMILES string of the molecule is Cc1cc(C=NNC(=O)c2ccc(CN3CCC(Cc4ccccc4)CC3)cc2)c(C)n1-c1ccc(Cl)cc1. The van der Waals surface area contributed by atoms with Gasteiger partial charge in [-0.05, 0) is 106 Å². The first-order chi connectivity index (χ1) is 19.0. The number of likely N-dealkylation sites (tertiary alicyclic amines) is 1. The zero-order valence-electron chi connectivity index (χ0n) is 22.6. The first kappa shape index (κ1) is 26.9. The van der Waals surface area contributed by atoms with Gasteiger partial charge in [0.2, 0.25) is 0 Å². The molecule has 1 fully saturated rings. The van der Waals surface area contributed by atoms with E-state index in [0.717, 1.165) is 48.2 Å². The molecule has 5 nitrogen and oxygen atoms in total. The van der Waals surface area contributed by atoms with Crippen LogP contribution in [-0.4, -0.2) is 34.7 Å². The Kier molecular flexibility index (Phi) is 8.60. The van der Waals surface area contributed by atoms with Crippen LogP contribution in [0, 0.1) is 19.8 Å². The highest BCUT2D eigenvalue weighted by molar-refractivity contribution is 6.30. The van der Waals surface area contributed by atoms with Crippen molar-refractivity contribution in [3.63, 3.8) is 0 Å². The third-order valence-electron chi connectivity index (χ3n) is 7.62. The molecule has 0 radical (unpaired) electrons. The van der Waals surface area contributed by atoms with E-state index in [1.165, 1.54) is 30.4 Å². The number of piperidine rings is 1. The minimum absolute atomic E-state index is 0.217. The number of aromatic nitrogens is 1. The molecule has 1 aliphatic rings. The highest BCUT2D eigenvalue weighted by Crippen LogP contribution is 2.23. The highest BCUT2D eigenvalue weighted by atomic mass is 35.5. The van der Waals surface area contributed by atoms with E-state index in [0.29, 0.717) is 10.6 Å². The van der Waals surface area contributed by atoms with Crippen molar-refractivity contribution in [2.45, 2.75) is 39.7 Å². The van der Waals surface area contributed by atoms with Crippen LogP contribution in [0.4, 0.5) is 0 Å². The van der Waals surface area contributed by atoms with E-state index in [1.807, 2.05) is 50.2 Å². The number of rotatable bonds is 8. The average molecular weight is 539 g/mol. The second-order valence-corrected chi connectivity index (χ2v) is 10.9. The number of benzene rings is 3. The molecule has 0 bridgehead atoms. The standard InChI is InChI=1S/C33H35ClN4O/c1-24-20-30(25(2)38(24)32-14-12-31(34)13-15-32)22-35-36-33(39)29-10-8-28(9-11-29)23-37-18-16-27(17-19-37)21-26-6-4-3-5-7-26/h3-15,20,22,27H,16-19,21,23H2,1-2H3,(H,36,39). The molecular weight excluding hydrogens is 504 g/mol. The van der Waals surface area contributed by atoms with Gasteiger partial charge in [-0.15, -0.1) is 0 Å². The van der Waals surface area contributed by atoms with Crippen molar-refractivity contribution in [2.75, 3.05) is 13.1 Å². The second-order valence-electron chi connectivity index (χ2n) is 10.4. The van der Waals surface area contributed by atoms with E-state index in [2.05, 4.69) is 68.5 Å². The molecule has 1 N–H and O–H groups in total. The van der Waals surface area contributed by atoms with Crippen molar-refractivity contribution in [1.29, 1.82) is 0 Å². The quantitative estimate of drug-likeness (QED) is 0.194. The Balaban J connectivity index is 1.11. The van der Waals surface area contributed by atoms with Gasteiger partial charge in [-0.3, -0.25) is 9.69 Å². The summed E-state index contributed by atoms with van der Waals surface area (Å²) in [7, 11) is 0. The van der Waals surface area contributed by atoms with Gasteiger partial charge in [-0.2, -0.15) is 5.10 Å². The Labute approximate surface area is 236 Å². The van der Waals surface area contributed by atoms with Crippen molar-refractivity contribution in [3.8, 4) is 5.69 Å². The molecule has 0 saturated carbocycles. The fourth-order valence-corrected chi connectivity index (χ4v) is 5.57. The third-order valence-corrected chi connectivity index (χ3v) is 7.87. The Morgan fingerprint density at radius 2 is 1.64 bits per heavy atom. The molecule has 200 valence electrons. The zero-order valence-corrected chi connectivity index (χ0v) is 23.4. The number of hydrazone groups is 1. The van der Waals surface area contributed by atoms with Gasteiger partial charge in [-0.25, -0.2) is 5.43 Å². The van der Waals surface area contributed by atoms with Gasteiger partial charge in [0.05, 0.1) is 6.21 Å². The first-order valence-corrected chi connectivity index (χ1v) is 14.0. The van der Waals surface area contributed by atoms with Crippen molar-refractivity contribution in [3.05, 3.63) is 124 Å². The predicted molar refractivity (Wildman–Crippen MR) is 160 cm³/mol. The smallest absolute Gasteiger partial charge is 0.271 e. The van der Waals surface area contributed by atoms with Gasteiger partial charge < -0.3 is 4.57 Å². The van der Waals surface area contributed by atoms with Crippen molar-refractivity contribution >= 4 is 23.7 Å². The molecular formula is C33H35ClN4O. The monoisotopic (exact) mass is 538 g/mol. The van der Waals surface area contributed by atoms with E-state index in [4.69, 9.17) is 11.6 Å². The van der Waals surface area contributed by atoms with Crippen molar-refractivity contribution in [1.82, 2.24) is 14.9 Å². The lowest BCUT2D eigenvalue weighted by Gasteiger charge is -2.32. The molecule has 3 aromatic carbocycles. The number of carbonyl (C=O) groups excluding carboxylic acids is 1. The van der Waals surface area contributed by atoms with Gasteiger partial charge in [-0.1, -0.05) is 54.1 Å². The Hall–Kier alpha value is -3.67. The van der Waals surface area contributed by atoms with Crippen LogP contribution in [0.1, 0.15) is 51.3 Å². The summed E-state index contributed by atoms with van der Waals surface area (Å²) in [4.78, 5) is 15.2. The number of hydrogen-bond donors (Lipinski definition) is 1. The molecule has 5 rings (SSSR count). The molecule has 6 heteroatoms. The number of carbonyl (C=O) groups is 1. The summed E-state index contributed by atoms with van der Waals surface area (Å²) < 4.78 is 2.14. The van der Waals surface area contributed by atoms with Crippen LogP contribution in [0.5, 0.6) is 0 Å². The maximum Gasteiger partial charge on any atom is 0.271 e. The van der Waals surface area contributed by atoms with Gasteiger partial charge in [0.25, 0.3) is 5.91 Å². The molecule has 1 aromatic heterocycles. The summed E-state index contributed by atoms with van der Waals surface area (Å²) in [5.41, 5.74) is 10.1. The number of nitrogens with one attached hydrogen (secondary N) is 1. The maximum absolute atomic E-state index is 12.7. The molecule has 39 heavy (non-hydrogen) atoms. The lowest BCUT2D eigenvalue weighted by Crippen LogP contribution is -2.33. The molecule has 0 aliphatic carbocycles. The lowest BCUT2D eigenvalue weighted by atomic mass is 9.90. The van der Waals surface area contributed by atoms with Crippen LogP contribution in [0.2, 0.25) is 5.02 Å². The van der Waals surface area contributed by atoms with Crippen molar-refractivity contribution in [2.24, 2.45) is 11.0 Å². The zero-order chi connectivity index (χ0) is 27.2. The molecule has 1 aliphatic heterocycles. The number of amides is 1. The van der Waals surface area contributed by atoms with Gasteiger partial charge in [0.1, 0.15) is 0 Å². The van der Waals surface area contributed by atoms with E-state index < -0.39 is 0 Å². The van der Waals surface area contributed by atoms with E-state index in [9.17, 15) is 4.79 Å². The van der Waals surface area contributed by atoms with E-state index in [-0.39, 0.29) is 5.91 Å². The average Bonchev–Trinajstić information content (AvgIpc) is 3.23. The fourth-order valence-electron chi connectivity index (χ4n) is 5.45. The van der Waals surface area contributed by atoms with Crippen LogP contribution >= 0.6 is 11.6 Å². The summed E-state index contributed by atoms with van der Waals surface area (Å²) in [5.74, 6) is 0.546. The Bertz CT molecular complexity index is 1420. The summed E-state index contributed by atoms with van der Waals surface area (Å²) >= 11 is 6.04. The largest absolute Gasteiger partial charge is 0.318 e. The first-order valence-electron chi connectivity index (χ1n) is 13.6. The molecule has 0 unspecified atom stereocenters. The summed E-state index contributed by atoms with van der Waals surface area (Å²) in [6.45, 7) is 7.24. The molecule has 1 amide bonds. The van der Waals surface area contributed by atoms with Crippen LogP contribution < -0.4 is 5.43 Å². The molecule has 1 saturated heterocycles. The van der Waals surface area contributed by atoms with Crippen LogP contribution in [0.25, 0.3) is 5.69 Å². The molecule has 4 aromatic rings. The van der Waals surface area contributed by atoms with Crippen LogP contribution in [-0.2, 0) is 13.0 Å². The van der Waals surface area contributed by atoms with E-state index >= 15 is 0 Å². The number of halogens is 1. The minimum Gasteiger partial charge on any atom is -0.318 e. The Morgan fingerprint density at radius 1 is 0.949 bits per heavy atom. The topological polar surface area (TPSA) is 49.6 Å². The summed E-state index contributed by atoms with van der Waals surface area (Å²) in [6.07, 6.45) is 5.34. The minimum atomic E-state index is -0.217. The summed E-state index contributed by atoms with van der Waals surface area (Å²) in [5, 5.41) is 4.93. The maximum atomic E-state index is 12.7. The highest BCUT2D eigenvalue weighted by Gasteiger charge is 2.19. The second kappa shape index (κ2) is 12.5. The fraction of sp³-hybridized carbons (Fsp3) is 0.273. The van der Waals surface area contributed by atoms with Crippen molar-refractivity contribution < 1.29 is 4.79 Å². The molecule has 2 heterocycles. The molecule has 0 spiro atoms. The summed E-state index contributed by atoms with van der Waals surface area (Å²) in [6, 6.07) is 28.5. The number of hydrogen-bond acceptors (Lipinski definition) is 3. The number of nitrogens with zero attached hydrogens (tertiary/aromatic N) is 3. The van der Waals surface area contributed by atoms with Gasteiger partial charge in [0, 0.05) is 39.8 Å². The van der Waals surface area contributed by atoms with Crippen LogP contribution in [0.15, 0.2) is 90.0 Å². The Morgan fingerprint density at radius 3 is 2.33 bits per heavy atom. The number of aryl methyl sites for hydroxylation is 1. The van der Waals surface area contributed by atoms with Crippen LogP contribution in [0.3, 0.4) is 0 Å².